The molecule has 0 spiro atoms. The lowest BCUT2D eigenvalue weighted by molar-refractivity contribution is -0.142. The van der Waals surface area contributed by atoms with Gasteiger partial charge < -0.3 is 15.2 Å². The van der Waals surface area contributed by atoms with E-state index in [9.17, 15) is 14.7 Å². The summed E-state index contributed by atoms with van der Waals surface area (Å²) >= 11 is 3.44. The molecular formula is C29H29BrN2O4. The van der Waals surface area contributed by atoms with Gasteiger partial charge in [0.2, 0.25) is 0 Å². The molecule has 1 aliphatic carbocycles. The Morgan fingerprint density at radius 2 is 1.61 bits per heavy atom. The molecule has 3 aromatic rings. The summed E-state index contributed by atoms with van der Waals surface area (Å²) in [5.41, 5.74) is 5.80. The second-order valence-electron chi connectivity index (χ2n) is 9.37. The van der Waals surface area contributed by atoms with E-state index in [4.69, 9.17) is 4.74 Å². The number of carboxylic acids is 1. The number of fused-ring (bicyclic) bond motifs is 3. The molecule has 1 saturated heterocycles. The summed E-state index contributed by atoms with van der Waals surface area (Å²) in [6, 6.07) is 23.8. The van der Waals surface area contributed by atoms with Gasteiger partial charge in [0, 0.05) is 29.4 Å². The first kappa shape index (κ1) is 24.5. The van der Waals surface area contributed by atoms with Crippen molar-refractivity contribution in [2.24, 2.45) is 0 Å². The lowest BCUT2D eigenvalue weighted by Crippen LogP contribution is -2.40. The molecule has 0 radical (unpaired) electrons. The highest BCUT2D eigenvalue weighted by Gasteiger charge is 2.39. The number of likely N-dealkylation sites (tertiary alicyclic amines) is 1. The van der Waals surface area contributed by atoms with Crippen molar-refractivity contribution in [2.45, 2.75) is 30.7 Å². The van der Waals surface area contributed by atoms with Crippen LogP contribution in [0.2, 0.25) is 0 Å². The maximum Gasteiger partial charge on any atom is 0.407 e. The summed E-state index contributed by atoms with van der Waals surface area (Å²) in [6.07, 6.45) is 1.01. The summed E-state index contributed by atoms with van der Waals surface area (Å²) in [5, 5.41) is 12.7. The third-order valence-electron chi connectivity index (χ3n) is 7.29. The fraction of sp³-hybridized carbons (Fsp3) is 0.310. The molecular weight excluding hydrogens is 520 g/mol. The van der Waals surface area contributed by atoms with Crippen molar-refractivity contribution in [1.29, 1.82) is 0 Å². The highest BCUT2D eigenvalue weighted by Crippen LogP contribution is 2.44. The molecule has 0 unspecified atom stereocenters. The average Bonchev–Trinajstić information content (AvgIpc) is 3.45. The number of amides is 1. The Morgan fingerprint density at radius 1 is 0.972 bits per heavy atom. The molecule has 1 heterocycles. The lowest BCUT2D eigenvalue weighted by Gasteiger charge is -2.25. The number of nitrogens with one attached hydrogen (secondary N) is 1. The molecule has 2 N–H and O–H groups in total. The molecule has 2 atom stereocenters. The Hall–Kier alpha value is -3.16. The summed E-state index contributed by atoms with van der Waals surface area (Å²) < 4.78 is 6.57. The maximum absolute atomic E-state index is 12.4. The van der Waals surface area contributed by atoms with E-state index in [0.29, 0.717) is 19.5 Å². The third-order valence-corrected chi connectivity index (χ3v) is 7.82. The molecule has 186 valence electrons. The number of hydrogen-bond acceptors (Lipinski definition) is 4. The molecule has 1 aliphatic heterocycles. The minimum absolute atomic E-state index is 0.0274. The predicted octanol–water partition coefficient (Wildman–Crippen LogP) is 5.62. The van der Waals surface area contributed by atoms with Gasteiger partial charge in [-0.3, -0.25) is 9.69 Å². The second-order valence-corrected chi connectivity index (χ2v) is 10.3. The molecule has 6 nitrogen and oxygen atoms in total. The zero-order valence-corrected chi connectivity index (χ0v) is 21.5. The van der Waals surface area contributed by atoms with Gasteiger partial charge in [0.15, 0.2) is 0 Å². The number of halogens is 1. The standard InChI is InChI=1S/C29H29BrN2O4/c30-20-12-10-19(11-13-20)21-14-17-32(27(21)28(33)34)16-5-15-31-29(35)36-18-26-24-8-3-1-6-22(24)23-7-2-4-9-25(23)26/h1-4,6-13,21,26-27H,5,14-18H2,(H,31,35)(H,33,34)/t21-,27-/m1/s1. The Labute approximate surface area is 219 Å². The van der Waals surface area contributed by atoms with Crippen molar-refractivity contribution >= 4 is 28.0 Å². The van der Waals surface area contributed by atoms with Crippen molar-refractivity contribution in [3.63, 3.8) is 0 Å². The molecule has 7 heteroatoms. The van der Waals surface area contributed by atoms with Crippen LogP contribution >= 0.6 is 15.9 Å². The van der Waals surface area contributed by atoms with Crippen LogP contribution in [-0.2, 0) is 9.53 Å². The van der Waals surface area contributed by atoms with Gasteiger partial charge in [-0.05, 0) is 59.3 Å². The molecule has 0 bridgehead atoms. The Bertz CT molecular complexity index is 1200. The van der Waals surface area contributed by atoms with Crippen LogP contribution in [0.15, 0.2) is 77.3 Å². The SMILES string of the molecule is O=C(NCCCN1CC[C@H](c2ccc(Br)cc2)[C@@H]1C(=O)O)OCC1c2ccccc2-c2ccccc21. The number of aliphatic carboxylic acids is 1. The topological polar surface area (TPSA) is 78.9 Å². The summed E-state index contributed by atoms with van der Waals surface area (Å²) in [6.45, 7) is 2.04. The number of rotatable bonds is 8. The first-order valence-electron chi connectivity index (χ1n) is 12.3. The normalized spacial score (nSPS) is 19.0. The van der Waals surface area contributed by atoms with E-state index >= 15 is 0 Å². The van der Waals surface area contributed by atoms with E-state index in [0.717, 1.165) is 23.0 Å². The summed E-state index contributed by atoms with van der Waals surface area (Å²) in [5.74, 6) is -0.810. The summed E-state index contributed by atoms with van der Waals surface area (Å²) in [4.78, 5) is 26.5. The average molecular weight is 549 g/mol. The zero-order chi connectivity index (χ0) is 25.1. The van der Waals surface area contributed by atoms with Gasteiger partial charge in [0.25, 0.3) is 0 Å². The molecule has 0 saturated carbocycles. The highest BCUT2D eigenvalue weighted by molar-refractivity contribution is 9.10. The van der Waals surface area contributed by atoms with Crippen LogP contribution < -0.4 is 5.32 Å². The number of nitrogens with zero attached hydrogens (tertiary/aromatic N) is 1. The molecule has 3 aromatic carbocycles. The number of carbonyl (C=O) groups is 2. The number of hydrogen-bond donors (Lipinski definition) is 2. The smallest absolute Gasteiger partial charge is 0.407 e. The van der Waals surface area contributed by atoms with Crippen molar-refractivity contribution in [1.82, 2.24) is 10.2 Å². The van der Waals surface area contributed by atoms with Crippen LogP contribution in [0.3, 0.4) is 0 Å². The van der Waals surface area contributed by atoms with Crippen molar-refractivity contribution in [3.05, 3.63) is 94.0 Å². The van der Waals surface area contributed by atoms with E-state index in [2.05, 4.69) is 45.5 Å². The number of carbonyl (C=O) groups excluding carboxylic acids is 1. The van der Waals surface area contributed by atoms with Crippen LogP contribution in [0.1, 0.15) is 41.4 Å². The number of ether oxygens (including phenoxy) is 1. The van der Waals surface area contributed by atoms with Gasteiger partial charge in [-0.15, -0.1) is 0 Å². The fourth-order valence-electron chi connectivity index (χ4n) is 5.62. The summed E-state index contributed by atoms with van der Waals surface area (Å²) in [7, 11) is 0. The fourth-order valence-corrected chi connectivity index (χ4v) is 5.88. The van der Waals surface area contributed by atoms with E-state index in [1.165, 1.54) is 22.3 Å². The van der Waals surface area contributed by atoms with E-state index in [1.54, 1.807) is 0 Å². The largest absolute Gasteiger partial charge is 0.480 e. The van der Waals surface area contributed by atoms with Gasteiger partial charge in [0.05, 0.1) is 0 Å². The van der Waals surface area contributed by atoms with Gasteiger partial charge in [0.1, 0.15) is 12.6 Å². The molecule has 1 fully saturated rings. The Kier molecular flexibility index (Phi) is 7.39. The third kappa shape index (κ3) is 5.04. The van der Waals surface area contributed by atoms with Crippen molar-refractivity contribution in [2.75, 3.05) is 26.2 Å². The number of carboxylic acid groups (broad SMARTS) is 1. The van der Waals surface area contributed by atoms with Gasteiger partial charge in [-0.1, -0.05) is 76.6 Å². The minimum Gasteiger partial charge on any atom is -0.480 e. The lowest BCUT2D eigenvalue weighted by atomic mass is 9.92. The van der Waals surface area contributed by atoms with Crippen LogP contribution in [0.4, 0.5) is 4.79 Å². The predicted molar refractivity (Wildman–Crippen MR) is 142 cm³/mol. The number of alkyl carbamates (subject to hydrolysis) is 1. The molecule has 2 aliphatic rings. The molecule has 5 rings (SSSR count). The molecule has 0 aromatic heterocycles. The van der Waals surface area contributed by atoms with Crippen LogP contribution in [0, 0.1) is 0 Å². The quantitative estimate of drug-likeness (QED) is 0.357. The van der Waals surface area contributed by atoms with E-state index in [-0.39, 0.29) is 18.4 Å². The van der Waals surface area contributed by atoms with Crippen LogP contribution in [0.25, 0.3) is 11.1 Å². The van der Waals surface area contributed by atoms with E-state index in [1.807, 2.05) is 53.4 Å². The van der Waals surface area contributed by atoms with Gasteiger partial charge in [-0.2, -0.15) is 0 Å². The van der Waals surface area contributed by atoms with Crippen molar-refractivity contribution in [3.8, 4) is 11.1 Å². The minimum atomic E-state index is -0.801. The van der Waals surface area contributed by atoms with E-state index < -0.39 is 18.1 Å². The van der Waals surface area contributed by atoms with Crippen LogP contribution in [0.5, 0.6) is 0 Å². The first-order chi connectivity index (χ1) is 17.5. The van der Waals surface area contributed by atoms with Crippen molar-refractivity contribution < 1.29 is 19.4 Å². The molecule has 36 heavy (non-hydrogen) atoms. The maximum atomic E-state index is 12.4. The second kappa shape index (κ2) is 10.8. The first-order valence-corrected chi connectivity index (χ1v) is 13.1. The van der Waals surface area contributed by atoms with Crippen LogP contribution in [-0.4, -0.2) is 54.4 Å². The molecule has 1 amide bonds. The number of benzene rings is 3. The Balaban J connectivity index is 1.10. The Morgan fingerprint density at radius 3 is 2.25 bits per heavy atom. The van der Waals surface area contributed by atoms with Gasteiger partial charge >= 0.3 is 12.1 Å². The zero-order valence-electron chi connectivity index (χ0n) is 19.9. The monoisotopic (exact) mass is 548 g/mol. The highest BCUT2D eigenvalue weighted by atomic mass is 79.9. The van der Waals surface area contributed by atoms with Gasteiger partial charge in [-0.25, -0.2) is 4.79 Å².